The van der Waals surface area contributed by atoms with Crippen LogP contribution in [-0.2, 0) is 0 Å². The molecule has 0 aliphatic heterocycles. The lowest BCUT2D eigenvalue weighted by molar-refractivity contribution is -0.195. The number of aryl methyl sites for hydroxylation is 1. The van der Waals surface area contributed by atoms with Gasteiger partial charge < -0.3 is 14.2 Å². The number of hydrogen-bond acceptors (Lipinski definition) is 3. The zero-order chi connectivity index (χ0) is 23.1. The first-order valence-electron chi connectivity index (χ1n) is 10.3. The van der Waals surface area contributed by atoms with Gasteiger partial charge in [-0.1, -0.05) is 43.7 Å². The fraction of sp³-hybridized carbons (Fsp3) is 0.280. The van der Waals surface area contributed by atoms with Crippen molar-refractivity contribution >= 4 is 0 Å². The van der Waals surface area contributed by atoms with Crippen molar-refractivity contribution in [1.29, 1.82) is 0 Å². The maximum absolute atomic E-state index is 14.1. The zero-order valence-corrected chi connectivity index (χ0v) is 17.8. The summed E-state index contributed by atoms with van der Waals surface area (Å²) in [6.07, 6.45) is -1.71. The summed E-state index contributed by atoms with van der Waals surface area (Å²) in [5.74, 6) is -2.37. The SMILES string of the molecule is CCCCOc1ccc(-c2ccc(OC(F)(F)COc3ccc(C)c(F)c3F)cc2)cc1. The number of rotatable bonds is 10. The molecule has 7 heteroatoms. The van der Waals surface area contributed by atoms with Crippen LogP contribution in [0.25, 0.3) is 11.1 Å². The molecule has 3 aromatic rings. The molecule has 32 heavy (non-hydrogen) atoms. The van der Waals surface area contributed by atoms with Crippen LogP contribution in [0.15, 0.2) is 60.7 Å². The highest BCUT2D eigenvalue weighted by molar-refractivity contribution is 5.64. The van der Waals surface area contributed by atoms with Gasteiger partial charge in [0.05, 0.1) is 6.61 Å². The molecule has 0 N–H and O–H groups in total. The van der Waals surface area contributed by atoms with Gasteiger partial charge in [-0.15, -0.1) is 0 Å². The van der Waals surface area contributed by atoms with E-state index in [0.29, 0.717) is 6.61 Å². The highest BCUT2D eigenvalue weighted by atomic mass is 19.3. The second-order valence-electron chi connectivity index (χ2n) is 7.29. The molecule has 0 bridgehead atoms. The number of halogens is 4. The third-order valence-electron chi connectivity index (χ3n) is 4.71. The van der Waals surface area contributed by atoms with E-state index in [0.717, 1.165) is 35.8 Å². The van der Waals surface area contributed by atoms with Crippen LogP contribution in [0.1, 0.15) is 25.3 Å². The van der Waals surface area contributed by atoms with E-state index in [1.807, 2.05) is 24.3 Å². The Balaban J connectivity index is 1.59. The molecule has 170 valence electrons. The predicted molar refractivity (Wildman–Crippen MR) is 114 cm³/mol. The molecule has 0 spiro atoms. The number of alkyl halides is 2. The summed E-state index contributed by atoms with van der Waals surface area (Å²) in [5.41, 5.74) is 1.76. The summed E-state index contributed by atoms with van der Waals surface area (Å²) < 4.78 is 70.6. The van der Waals surface area contributed by atoms with E-state index in [9.17, 15) is 17.6 Å². The lowest BCUT2D eigenvalue weighted by atomic mass is 10.1. The maximum atomic E-state index is 14.1. The zero-order valence-electron chi connectivity index (χ0n) is 17.8. The van der Waals surface area contributed by atoms with Gasteiger partial charge in [0.2, 0.25) is 5.82 Å². The quantitative estimate of drug-likeness (QED) is 0.243. The van der Waals surface area contributed by atoms with Crippen molar-refractivity contribution in [3.8, 4) is 28.4 Å². The number of benzene rings is 3. The highest BCUT2D eigenvalue weighted by Gasteiger charge is 2.33. The Morgan fingerprint density at radius 1 is 0.750 bits per heavy atom. The van der Waals surface area contributed by atoms with Crippen LogP contribution in [0.3, 0.4) is 0 Å². The molecule has 0 amide bonds. The Morgan fingerprint density at radius 2 is 1.34 bits per heavy atom. The number of ether oxygens (including phenoxy) is 3. The number of hydrogen-bond donors (Lipinski definition) is 0. The molecule has 0 fully saturated rings. The largest absolute Gasteiger partial charge is 0.494 e. The molecule has 0 unspecified atom stereocenters. The Hall–Kier alpha value is -3.22. The number of unbranched alkanes of at least 4 members (excludes halogenated alkanes) is 1. The van der Waals surface area contributed by atoms with Crippen LogP contribution in [-0.4, -0.2) is 19.3 Å². The average molecular weight is 448 g/mol. The van der Waals surface area contributed by atoms with Gasteiger partial charge in [-0.2, -0.15) is 13.2 Å². The average Bonchev–Trinajstić information content (AvgIpc) is 2.78. The molecule has 0 radical (unpaired) electrons. The van der Waals surface area contributed by atoms with E-state index in [2.05, 4.69) is 11.7 Å². The van der Waals surface area contributed by atoms with Crippen LogP contribution in [0, 0.1) is 18.6 Å². The van der Waals surface area contributed by atoms with Crippen LogP contribution in [0.5, 0.6) is 17.2 Å². The molecular weight excluding hydrogens is 424 g/mol. The standard InChI is InChI=1S/C25H24F4O3/c1-3-4-15-30-20-10-6-18(7-11-20)19-8-12-21(13-9-19)32-25(28,29)16-31-22-14-5-17(2)23(26)24(22)27/h5-14H,3-4,15-16H2,1-2H3. The van der Waals surface area contributed by atoms with Crippen LogP contribution < -0.4 is 14.2 Å². The first-order chi connectivity index (χ1) is 15.3. The van der Waals surface area contributed by atoms with Gasteiger partial charge in [0.1, 0.15) is 11.5 Å². The molecule has 0 atom stereocenters. The maximum Gasteiger partial charge on any atom is 0.432 e. The second kappa shape index (κ2) is 10.4. The third kappa shape index (κ3) is 6.15. The highest BCUT2D eigenvalue weighted by Crippen LogP contribution is 2.29. The van der Waals surface area contributed by atoms with Crippen molar-refractivity contribution in [2.75, 3.05) is 13.2 Å². The van der Waals surface area contributed by atoms with E-state index < -0.39 is 30.1 Å². The summed E-state index contributed by atoms with van der Waals surface area (Å²) in [4.78, 5) is 0. The Labute approximate surface area is 184 Å². The molecule has 0 aliphatic carbocycles. The first kappa shape index (κ1) is 23.4. The van der Waals surface area contributed by atoms with E-state index in [-0.39, 0.29) is 11.3 Å². The van der Waals surface area contributed by atoms with Crippen LogP contribution in [0.4, 0.5) is 17.6 Å². The molecule has 0 aliphatic rings. The summed E-state index contributed by atoms with van der Waals surface area (Å²) in [6, 6.07) is 15.9. The second-order valence-corrected chi connectivity index (χ2v) is 7.29. The first-order valence-corrected chi connectivity index (χ1v) is 10.3. The fourth-order valence-corrected chi connectivity index (χ4v) is 2.90. The molecule has 3 nitrogen and oxygen atoms in total. The minimum Gasteiger partial charge on any atom is -0.494 e. The molecule has 0 saturated carbocycles. The topological polar surface area (TPSA) is 27.7 Å². The van der Waals surface area contributed by atoms with Crippen molar-refractivity contribution in [1.82, 2.24) is 0 Å². The van der Waals surface area contributed by atoms with Crippen molar-refractivity contribution in [3.05, 3.63) is 77.9 Å². The summed E-state index contributed by atoms with van der Waals surface area (Å²) >= 11 is 0. The molecule has 3 aromatic carbocycles. The van der Waals surface area contributed by atoms with Gasteiger partial charge in [0, 0.05) is 0 Å². The fourth-order valence-electron chi connectivity index (χ4n) is 2.90. The minimum atomic E-state index is -3.74. The molecule has 0 saturated heterocycles. The predicted octanol–water partition coefficient (Wildman–Crippen LogP) is 7.17. The van der Waals surface area contributed by atoms with Crippen molar-refractivity contribution in [3.63, 3.8) is 0 Å². The van der Waals surface area contributed by atoms with Crippen LogP contribution >= 0.6 is 0 Å². The normalized spacial score (nSPS) is 11.3. The monoisotopic (exact) mass is 448 g/mol. The molecule has 3 rings (SSSR count). The molecule has 0 aromatic heterocycles. The van der Waals surface area contributed by atoms with Gasteiger partial charge >= 0.3 is 6.11 Å². The summed E-state index contributed by atoms with van der Waals surface area (Å²) in [5, 5.41) is 0. The van der Waals surface area contributed by atoms with Crippen molar-refractivity contribution in [2.24, 2.45) is 0 Å². The Kier molecular flexibility index (Phi) is 7.62. The Bertz CT molecular complexity index is 1020. The van der Waals surface area contributed by atoms with Crippen LogP contribution in [0.2, 0.25) is 0 Å². The lowest BCUT2D eigenvalue weighted by Crippen LogP contribution is -2.32. The smallest absolute Gasteiger partial charge is 0.432 e. The molecular formula is C25H24F4O3. The van der Waals surface area contributed by atoms with Gasteiger partial charge in [-0.05, 0) is 60.4 Å². The van der Waals surface area contributed by atoms with E-state index >= 15 is 0 Å². The molecule has 0 heterocycles. The third-order valence-corrected chi connectivity index (χ3v) is 4.71. The van der Waals surface area contributed by atoms with Crippen molar-refractivity contribution in [2.45, 2.75) is 32.8 Å². The van der Waals surface area contributed by atoms with E-state index in [1.54, 1.807) is 12.1 Å². The van der Waals surface area contributed by atoms with Gasteiger partial charge in [-0.25, -0.2) is 4.39 Å². The van der Waals surface area contributed by atoms with E-state index in [4.69, 9.17) is 9.47 Å². The van der Waals surface area contributed by atoms with Gasteiger partial charge in [0.15, 0.2) is 18.2 Å². The lowest BCUT2D eigenvalue weighted by Gasteiger charge is -2.19. The van der Waals surface area contributed by atoms with Gasteiger partial charge in [-0.3, -0.25) is 0 Å². The van der Waals surface area contributed by atoms with E-state index in [1.165, 1.54) is 25.1 Å². The van der Waals surface area contributed by atoms with Gasteiger partial charge in [0.25, 0.3) is 0 Å². The Morgan fingerprint density at radius 3 is 1.94 bits per heavy atom. The summed E-state index contributed by atoms with van der Waals surface area (Å²) in [6.45, 7) is 2.84. The van der Waals surface area contributed by atoms with Crippen molar-refractivity contribution < 1.29 is 31.8 Å². The minimum absolute atomic E-state index is 0.0524. The summed E-state index contributed by atoms with van der Waals surface area (Å²) in [7, 11) is 0.